The molecule has 0 saturated heterocycles. The largest absolute Gasteiger partial charge is 0.507 e. The minimum absolute atomic E-state index is 0.0125. The molecule has 0 aliphatic rings. The van der Waals surface area contributed by atoms with E-state index in [9.17, 15) is 14.7 Å². The van der Waals surface area contributed by atoms with E-state index in [2.05, 4.69) is 5.32 Å². The molecule has 5 nitrogen and oxygen atoms in total. The summed E-state index contributed by atoms with van der Waals surface area (Å²) in [5, 5.41) is 12.0. The Balaban J connectivity index is 2.89. The highest BCUT2D eigenvalue weighted by Crippen LogP contribution is 2.21. The Morgan fingerprint density at radius 2 is 2.11 bits per heavy atom. The summed E-state index contributed by atoms with van der Waals surface area (Å²) in [5.41, 5.74) is 0.374. The van der Waals surface area contributed by atoms with Crippen LogP contribution in [0.4, 0.5) is 0 Å². The maximum absolute atomic E-state index is 12.1. The van der Waals surface area contributed by atoms with Crippen molar-refractivity contribution in [1.29, 1.82) is 0 Å². The number of rotatable bonds is 4. The molecule has 0 fully saturated rings. The molecule has 0 aromatic heterocycles. The van der Waals surface area contributed by atoms with Gasteiger partial charge in [0.05, 0.1) is 10.1 Å². The summed E-state index contributed by atoms with van der Waals surface area (Å²) in [6, 6.07) is 4.71. The van der Waals surface area contributed by atoms with Crippen molar-refractivity contribution < 1.29 is 14.7 Å². The van der Waals surface area contributed by atoms with Gasteiger partial charge in [-0.3, -0.25) is 9.59 Å². The van der Waals surface area contributed by atoms with Crippen molar-refractivity contribution in [2.24, 2.45) is 0 Å². The maximum Gasteiger partial charge on any atom is 0.254 e. The molecular weight excluding hydrogens is 347 g/mol. The lowest BCUT2D eigenvalue weighted by atomic mass is 10.2. The minimum atomic E-state index is -0.271. The number of nitrogens with one attached hydrogen (secondary N) is 1. The van der Waals surface area contributed by atoms with E-state index in [1.165, 1.54) is 18.0 Å². The van der Waals surface area contributed by atoms with E-state index in [1.54, 1.807) is 19.1 Å². The second-order valence-corrected chi connectivity index (χ2v) is 4.82. The molecule has 98 valence electrons. The molecule has 6 heteroatoms. The molecule has 0 bridgehead atoms. The van der Waals surface area contributed by atoms with Gasteiger partial charge in [-0.05, 0) is 47.7 Å². The van der Waals surface area contributed by atoms with Gasteiger partial charge < -0.3 is 15.3 Å². The van der Waals surface area contributed by atoms with Crippen molar-refractivity contribution >= 4 is 34.4 Å². The summed E-state index contributed by atoms with van der Waals surface area (Å²) in [7, 11) is 1.53. The van der Waals surface area contributed by atoms with Crippen LogP contribution in [0.3, 0.4) is 0 Å². The van der Waals surface area contributed by atoms with Gasteiger partial charge in [-0.25, -0.2) is 0 Å². The number of likely N-dealkylation sites (N-methyl/N-ethyl adjacent to an activating group) is 2. The Labute approximate surface area is 119 Å². The van der Waals surface area contributed by atoms with E-state index >= 15 is 0 Å². The number of aromatic hydroxyl groups is 1. The van der Waals surface area contributed by atoms with Crippen molar-refractivity contribution in [2.45, 2.75) is 6.92 Å². The van der Waals surface area contributed by atoms with E-state index in [0.29, 0.717) is 15.7 Å². The number of nitrogens with zero attached hydrogens (tertiary/aromatic N) is 1. The third kappa shape index (κ3) is 3.59. The van der Waals surface area contributed by atoms with Crippen LogP contribution in [0, 0.1) is 3.57 Å². The topological polar surface area (TPSA) is 69.6 Å². The fourth-order valence-electron chi connectivity index (χ4n) is 1.41. The molecular formula is C12H15IN2O3. The van der Waals surface area contributed by atoms with Crippen molar-refractivity contribution in [3.05, 3.63) is 27.3 Å². The Morgan fingerprint density at radius 1 is 1.44 bits per heavy atom. The Morgan fingerprint density at radius 3 is 2.61 bits per heavy atom. The predicted molar refractivity (Wildman–Crippen MR) is 76.5 cm³/mol. The average molecular weight is 362 g/mol. The number of hydrogen-bond acceptors (Lipinski definition) is 3. The highest BCUT2D eigenvalue weighted by atomic mass is 127. The van der Waals surface area contributed by atoms with Crippen molar-refractivity contribution in [3.8, 4) is 5.75 Å². The Bertz CT molecular complexity index is 463. The van der Waals surface area contributed by atoms with Crippen molar-refractivity contribution in [2.75, 3.05) is 20.1 Å². The van der Waals surface area contributed by atoms with Crippen LogP contribution in [0.2, 0.25) is 0 Å². The van der Waals surface area contributed by atoms with Gasteiger partial charge in [-0.1, -0.05) is 0 Å². The van der Waals surface area contributed by atoms with Gasteiger partial charge in [0.2, 0.25) is 5.91 Å². The van der Waals surface area contributed by atoms with Crippen LogP contribution in [0.1, 0.15) is 17.3 Å². The summed E-state index contributed by atoms with van der Waals surface area (Å²) < 4.78 is 0.679. The molecule has 0 aliphatic heterocycles. The van der Waals surface area contributed by atoms with Crippen LogP contribution < -0.4 is 5.32 Å². The molecule has 2 N–H and O–H groups in total. The summed E-state index contributed by atoms with van der Waals surface area (Å²) in [6.07, 6.45) is 0. The average Bonchev–Trinajstić information content (AvgIpc) is 2.38. The standard InChI is InChI=1S/C12H15IN2O3/c1-3-15(7-11(17)14-2)12(18)8-4-5-9(13)10(16)6-8/h4-6,16H,3,7H2,1-2H3,(H,14,17). The van der Waals surface area contributed by atoms with Crippen LogP contribution >= 0.6 is 22.6 Å². The second kappa shape index (κ2) is 6.58. The first-order valence-corrected chi connectivity index (χ1v) is 6.55. The first-order valence-electron chi connectivity index (χ1n) is 5.48. The first-order chi connectivity index (χ1) is 8.49. The molecule has 0 heterocycles. The molecule has 1 aromatic carbocycles. The van der Waals surface area contributed by atoms with E-state index in [0.717, 1.165) is 0 Å². The fourth-order valence-corrected chi connectivity index (χ4v) is 1.74. The van der Waals surface area contributed by atoms with Gasteiger partial charge in [0.25, 0.3) is 5.91 Å². The number of carbonyl (C=O) groups excluding carboxylic acids is 2. The van der Waals surface area contributed by atoms with E-state index < -0.39 is 0 Å². The molecule has 0 spiro atoms. The fraction of sp³-hybridized carbons (Fsp3) is 0.333. The zero-order chi connectivity index (χ0) is 13.7. The summed E-state index contributed by atoms with van der Waals surface area (Å²) >= 11 is 1.98. The van der Waals surface area contributed by atoms with Gasteiger partial charge >= 0.3 is 0 Å². The highest BCUT2D eigenvalue weighted by molar-refractivity contribution is 14.1. The number of hydrogen-bond donors (Lipinski definition) is 2. The van der Waals surface area contributed by atoms with Crippen molar-refractivity contribution in [1.82, 2.24) is 10.2 Å². The smallest absolute Gasteiger partial charge is 0.254 e. The monoisotopic (exact) mass is 362 g/mol. The first kappa shape index (κ1) is 14.7. The lowest BCUT2D eigenvalue weighted by Crippen LogP contribution is -2.39. The van der Waals surface area contributed by atoms with Crippen molar-refractivity contribution in [3.63, 3.8) is 0 Å². The Hall–Kier alpha value is -1.31. The second-order valence-electron chi connectivity index (χ2n) is 3.66. The van der Waals surface area contributed by atoms with E-state index in [4.69, 9.17) is 0 Å². The van der Waals surface area contributed by atoms with Gasteiger partial charge in [0.1, 0.15) is 5.75 Å². The van der Waals surface area contributed by atoms with Gasteiger partial charge in [0, 0.05) is 19.2 Å². The summed E-state index contributed by atoms with van der Waals surface area (Å²) in [4.78, 5) is 24.8. The zero-order valence-electron chi connectivity index (χ0n) is 10.2. The molecule has 1 aromatic rings. The summed E-state index contributed by atoms with van der Waals surface area (Å²) in [6.45, 7) is 2.24. The third-order valence-corrected chi connectivity index (χ3v) is 3.39. The number of phenols is 1. The molecule has 0 radical (unpaired) electrons. The lowest BCUT2D eigenvalue weighted by molar-refractivity contribution is -0.121. The molecule has 0 saturated carbocycles. The molecule has 0 aliphatic carbocycles. The zero-order valence-corrected chi connectivity index (χ0v) is 12.4. The van der Waals surface area contributed by atoms with Crippen LogP contribution in [0.25, 0.3) is 0 Å². The quantitative estimate of drug-likeness (QED) is 0.791. The SMILES string of the molecule is CCN(CC(=O)NC)C(=O)c1ccc(I)c(O)c1. The summed E-state index contributed by atoms with van der Waals surface area (Å²) in [5.74, 6) is -0.426. The molecule has 18 heavy (non-hydrogen) atoms. The number of halogens is 1. The predicted octanol–water partition coefficient (Wildman–Crippen LogP) is 1.20. The minimum Gasteiger partial charge on any atom is -0.507 e. The maximum atomic E-state index is 12.1. The Kier molecular flexibility index (Phi) is 5.39. The number of benzene rings is 1. The van der Waals surface area contributed by atoms with E-state index in [-0.39, 0.29) is 24.1 Å². The van der Waals surface area contributed by atoms with Crippen LogP contribution in [-0.2, 0) is 4.79 Å². The number of carbonyl (C=O) groups is 2. The normalized spacial score (nSPS) is 9.94. The number of amides is 2. The van der Waals surface area contributed by atoms with Gasteiger partial charge in [0.15, 0.2) is 0 Å². The molecule has 0 unspecified atom stereocenters. The van der Waals surface area contributed by atoms with Crippen LogP contribution in [0.5, 0.6) is 5.75 Å². The number of phenolic OH excluding ortho intramolecular Hbond substituents is 1. The lowest BCUT2D eigenvalue weighted by Gasteiger charge is -2.20. The molecule has 0 atom stereocenters. The molecule has 1 rings (SSSR count). The van der Waals surface area contributed by atoms with Crippen LogP contribution in [-0.4, -0.2) is 42.0 Å². The van der Waals surface area contributed by atoms with E-state index in [1.807, 2.05) is 22.6 Å². The van der Waals surface area contributed by atoms with Gasteiger partial charge in [-0.15, -0.1) is 0 Å². The highest BCUT2D eigenvalue weighted by Gasteiger charge is 2.17. The molecule has 2 amide bonds. The van der Waals surface area contributed by atoms with Gasteiger partial charge in [-0.2, -0.15) is 0 Å². The van der Waals surface area contributed by atoms with Crippen LogP contribution in [0.15, 0.2) is 18.2 Å². The third-order valence-electron chi connectivity index (χ3n) is 2.48.